The molecule has 2 aromatic rings. The van der Waals surface area contributed by atoms with Crippen molar-refractivity contribution >= 4 is 68.4 Å². The number of hydrogen-bond donors (Lipinski definition) is 2. The van der Waals surface area contributed by atoms with Gasteiger partial charge in [0.1, 0.15) is 0 Å². The SMILES string of the molecule is NC(=O)c1ccc(I)c([N+](=O)[O-])c1.NC(=O)c1ccc(I)c([N+](=O)[O-])c1. The van der Waals surface area contributed by atoms with Crippen LogP contribution in [0.25, 0.3) is 0 Å². The van der Waals surface area contributed by atoms with Gasteiger partial charge in [-0.05, 0) is 69.4 Å². The fourth-order valence-electron chi connectivity index (χ4n) is 1.61. The quantitative estimate of drug-likeness (QED) is 0.318. The lowest BCUT2D eigenvalue weighted by Crippen LogP contribution is -2.11. The third-order valence-corrected chi connectivity index (χ3v) is 4.68. The molecule has 4 N–H and O–H groups in total. The van der Waals surface area contributed by atoms with Gasteiger partial charge in [-0.2, -0.15) is 0 Å². The smallest absolute Gasteiger partial charge is 0.283 e. The molecule has 0 unspecified atom stereocenters. The molecule has 0 fully saturated rings. The van der Waals surface area contributed by atoms with E-state index < -0.39 is 21.7 Å². The van der Waals surface area contributed by atoms with Crippen molar-refractivity contribution in [2.24, 2.45) is 11.5 Å². The lowest BCUT2D eigenvalue weighted by Gasteiger charge is -1.97. The third-order valence-electron chi connectivity index (χ3n) is 2.85. The number of carbonyl (C=O) groups is 2. The van der Waals surface area contributed by atoms with E-state index in [-0.39, 0.29) is 22.5 Å². The highest BCUT2D eigenvalue weighted by Crippen LogP contribution is 2.22. The summed E-state index contributed by atoms with van der Waals surface area (Å²) < 4.78 is 0.959. The van der Waals surface area contributed by atoms with E-state index in [0.717, 1.165) is 0 Å². The summed E-state index contributed by atoms with van der Waals surface area (Å²) in [6, 6.07) is 8.22. The predicted octanol–water partition coefficient (Wildman–Crippen LogP) is 2.60. The van der Waals surface area contributed by atoms with E-state index in [1.807, 2.05) is 45.2 Å². The highest BCUT2D eigenvalue weighted by atomic mass is 127. The first-order chi connectivity index (χ1) is 12.0. The van der Waals surface area contributed by atoms with Crippen molar-refractivity contribution in [2.45, 2.75) is 0 Å². The Kier molecular flexibility index (Phi) is 7.81. The third kappa shape index (κ3) is 5.87. The van der Waals surface area contributed by atoms with Gasteiger partial charge in [0.25, 0.3) is 11.4 Å². The minimum absolute atomic E-state index is 0.100. The first-order valence-corrected chi connectivity index (χ1v) is 8.67. The molecule has 0 aromatic heterocycles. The summed E-state index contributed by atoms with van der Waals surface area (Å²) in [5.41, 5.74) is 10.0. The van der Waals surface area contributed by atoms with Gasteiger partial charge in [-0.1, -0.05) is 0 Å². The Hall–Kier alpha value is -2.36. The van der Waals surface area contributed by atoms with Crippen molar-refractivity contribution in [1.29, 1.82) is 0 Å². The van der Waals surface area contributed by atoms with Crippen LogP contribution in [0.4, 0.5) is 11.4 Å². The van der Waals surface area contributed by atoms with Crippen LogP contribution in [-0.4, -0.2) is 21.7 Å². The molecule has 0 atom stereocenters. The number of rotatable bonds is 4. The molecule has 26 heavy (non-hydrogen) atoms. The van der Waals surface area contributed by atoms with Crippen molar-refractivity contribution in [3.63, 3.8) is 0 Å². The molecule has 0 aliphatic heterocycles. The van der Waals surface area contributed by atoms with Gasteiger partial charge in [0.15, 0.2) is 0 Å². The highest BCUT2D eigenvalue weighted by Gasteiger charge is 2.14. The second kappa shape index (κ2) is 9.37. The lowest BCUT2D eigenvalue weighted by molar-refractivity contribution is -0.386. The first-order valence-electron chi connectivity index (χ1n) is 6.52. The number of amides is 2. The second-order valence-electron chi connectivity index (χ2n) is 4.58. The number of nitrogens with two attached hydrogens (primary N) is 2. The Balaban J connectivity index is 0.000000260. The fraction of sp³-hybridized carbons (Fsp3) is 0. The molecule has 12 heteroatoms. The Morgan fingerprint density at radius 2 is 1.08 bits per heavy atom. The normalized spacial score (nSPS) is 9.62. The molecule has 0 bridgehead atoms. The maximum atomic E-state index is 10.7. The zero-order valence-electron chi connectivity index (χ0n) is 12.7. The number of benzene rings is 2. The van der Waals surface area contributed by atoms with E-state index in [4.69, 9.17) is 11.5 Å². The zero-order chi connectivity index (χ0) is 20.0. The van der Waals surface area contributed by atoms with Crippen LogP contribution in [-0.2, 0) is 0 Å². The van der Waals surface area contributed by atoms with Crippen LogP contribution in [0.1, 0.15) is 20.7 Å². The van der Waals surface area contributed by atoms with Gasteiger partial charge in [0, 0.05) is 23.3 Å². The molecular weight excluding hydrogens is 574 g/mol. The molecule has 0 aliphatic rings. The van der Waals surface area contributed by atoms with Crippen molar-refractivity contribution < 1.29 is 19.4 Å². The molecular formula is C14H10I2N4O6. The van der Waals surface area contributed by atoms with Gasteiger partial charge in [-0.15, -0.1) is 0 Å². The van der Waals surface area contributed by atoms with Crippen LogP contribution in [0.15, 0.2) is 36.4 Å². The van der Waals surface area contributed by atoms with Gasteiger partial charge < -0.3 is 11.5 Å². The zero-order valence-corrected chi connectivity index (χ0v) is 17.0. The second-order valence-corrected chi connectivity index (χ2v) is 6.90. The summed E-state index contributed by atoms with van der Waals surface area (Å²) in [5.74, 6) is -1.33. The Morgan fingerprint density at radius 1 is 0.769 bits per heavy atom. The number of carbonyl (C=O) groups excluding carboxylic acids is 2. The van der Waals surface area contributed by atoms with Crippen LogP contribution in [0.3, 0.4) is 0 Å². The topological polar surface area (TPSA) is 172 Å². The molecule has 136 valence electrons. The van der Waals surface area contributed by atoms with Crippen LogP contribution in [0.2, 0.25) is 0 Å². The van der Waals surface area contributed by atoms with Crippen molar-refractivity contribution in [3.8, 4) is 0 Å². The maximum Gasteiger partial charge on any atom is 0.283 e. The molecule has 10 nitrogen and oxygen atoms in total. The van der Waals surface area contributed by atoms with Gasteiger partial charge >= 0.3 is 0 Å². The fourth-order valence-corrected chi connectivity index (χ4v) is 2.68. The van der Waals surface area contributed by atoms with E-state index >= 15 is 0 Å². The van der Waals surface area contributed by atoms with Crippen LogP contribution in [0, 0.1) is 27.4 Å². The van der Waals surface area contributed by atoms with Crippen LogP contribution >= 0.6 is 45.2 Å². The van der Waals surface area contributed by atoms with Gasteiger partial charge in [-0.3, -0.25) is 29.8 Å². The van der Waals surface area contributed by atoms with Crippen LogP contribution in [0.5, 0.6) is 0 Å². The lowest BCUT2D eigenvalue weighted by atomic mass is 10.2. The van der Waals surface area contributed by atoms with E-state index in [0.29, 0.717) is 7.14 Å². The predicted molar refractivity (Wildman–Crippen MR) is 109 cm³/mol. The Morgan fingerprint density at radius 3 is 1.31 bits per heavy atom. The number of halogens is 2. The summed E-state index contributed by atoms with van der Waals surface area (Å²) in [4.78, 5) is 41.2. The minimum Gasteiger partial charge on any atom is -0.366 e. The van der Waals surface area contributed by atoms with E-state index in [1.165, 1.54) is 36.4 Å². The minimum atomic E-state index is -0.667. The molecule has 0 radical (unpaired) electrons. The summed E-state index contributed by atoms with van der Waals surface area (Å²) in [5, 5.41) is 20.9. The highest BCUT2D eigenvalue weighted by molar-refractivity contribution is 14.1. The Bertz CT molecular complexity index is 830. The maximum absolute atomic E-state index is 10.7. The van der Waals surface area contributed by atoms with E-state index in [9.17, 15) is 29.8 Å². The summed E-state index contributed by atoms with van der Waals surface area (Å²) >= 11 is 3.64. The number of nitro groups is 2. The van der Waals surface area contributed by atoms with Crippen molar-refractivity contribution in [3.05, 3.63) is 74.9 Å². The number of hydrogen-bond acceptors (Lipinski definition) is 6. The van der Waals surface area contributed by atoms with Gasteiger partial charge in [-0.25, -0.2) is 0 Å². The van der Waals surface area contributed by atoms with Crippen molar-refractivity contribution in [1.82, 2.24) is 0 Å². The molecule has 0 spiro atoms. The molecule has 2 amide bonds. The van der Waals surface area contributed by atoms with Crippen molar-refractivity contribution in [2.75, 3.05) is 0 Å². The first kappa shape index (κ1) is 21.7. The van der Waals surface area contributed by atoms with E-state index in [2.05, 4.69) is 0 Å². The molecule has 0 heterocycles. The molecule has 0 saturated carbocycles. The monoisotopic (exact) mass is 584 g/mol. The molecule has 0 aliphatic carbocycles. The number of nitrogens with zero attached hydrogens (tertiary/aromatic N) is 2. The number of primary amides is 2. The molecule has 2 rings (SSSR count). The van der Waals surface area contributed by atoms with E-state index in [1.54, 1.807) is 0 Å². The van der Waals surface area contributed by atoms with Crippen LogP contribution < -0.4 is 11.5 Å². The van der Waals surface area contributed by atoms with Gasteiger partial charge in [0.05, 0.1) is 17.0 Å². The molecule has 2 aromatic carbocycles. The summed E-state index contributed by atoms with van der Waals surface area (Å²) in [6.07, 6.45) is 0. The molecule has 0 saturated heterocycles. The Labute approximate surface area is 173 Å². The standard InChI is InChI=1S/2C7H5IN2O3/c2*8-5-2-1-4(7(9)11)3-6(5)10(12)13/h2*1-3H,(H2,9,11). The largest absolute Gasteiger partial charge is 0.366 e. The summed E-state index contributed by atoms with van der Waals surface area (Å²) in [6.45, 7) is 0. The van der Waals surface area contributed by atoms with Gasteiger partial charge in [0.2, 0.25) is 11.8 Å². The summed E-state index contributed by atoms with van der Waals surface area (Å²) in [7, 11) is 0. The number of nitro benzene ring substituents is 2. The average Bonchev–Trinajstić information content (AvgIpc) is 2.55. The average molecular weight is 584 g/mol.